The summed E-state index contributed by atoms with van der Waals surface area (Å²) < 4.78 is 10.8. The number of aliphatic hydroxyl groups is 1. The smallest absolute Gasteiger partial charge is 0.410 e. The lowest BCUT2D eigenvalue weighted by Crippen LogP contribution is -2.42. The molecule has 0 saturated carbocycles. The molecule has 3 N–H and O–H groups in total. The summed E-state index contributed by atoms with van der Waals surface area (Å²) in [5, 5.41) is 15.3. The standard InChI is InChI=1S/C29H38N6O5.C2H6/c1-28(2,3)39-26(37)31-12-13-35(27(38)40-29(4,5)6)18-25-32-16-22(17-33-25)21-10-11-30-24(15-21)34-23-9-7-8-20(14-23)19-36;1-2/h7-11,14-17,36H,12-13,18-19H2,1-6H3,(H,30,34)(H,31,37);1-2H3. The number of aromatic nitrogens is 3. The van der Waals surface area contributed by atoms with Crippen molar-refractivity contribution < 1.29 is 24.2 Å². The van der Waals surface area contributed by atoms with Crippen LogP contribution >= 0.6 is 0 Å². The third kappa shape index (κ3) is 12.1. The molecule has 0 spiro atoms. The highest BCUT2D eigenvalue weighted by molar-refractivity contribution is 5.70. The quantitative estimate of drug-likeness (QED) is 0.275. The van der Waals surface area contributed by atoms with Gasteiger partial charge in [0.2, 0.25) is 0 Å². The SMILES string of the molecule is CC.CC(C)(C)OC(=O)NCCN(Cc1ncc(-c2ccnc(Nc3cccc(CO)c3)c2)cn1)C(=O)OC(C)(C)C. The molecule has 0 atom stereocenters. The zero-order valence-electron chi connectivity index (χ0n) is 25.9. The van der Waals surface area contributed by atoms with Crippen LogP contribution in [0.2, 0.25) is 0 Å². The van der Waals surface area contributed by atoms with Crippen molar-refractivity contribution in [3.8, 4) is 11.1 Å². The van der Waals surface area contributed by atoms with Crippen LogP contribution in [0, 0.1) is 0 Å². The molecule has 0 saturated heterocycles. The fourth-order valence-electron chi connectivity index (χ4n) is 3.50. The summed E-state index contributed by atoms with van der Waals surface area (Å²) in [5.41, 5.74) is 1.92. The fourth-order valence-corrected chi connectivity index (χ4v) is 3.50. The van der Waals surface area contributed by atoms with E-state index in [1.165, 1.54) is 4.90 Å². The number of alkyl carbamates (subject to hydrolysis) is 1. The second-order valence-electron chi connectivity index (χ2n) is 11.1. The maximum Gasteiger partial charge on any atom is 0.410 e. The molecule has 42 heavy (non-hydrogen) atoms. The summed E-state index contributed by atoms with van der Waals surface area (Å²) in [6, 6.07) is 11.2. The first-order valence-electron chi connectivity index (χ1n) is 14.0. The summed E-state index contributed by atoms with van der Waals surface area (Å²) >= 11 is 0. The molecule has 11 heteroatoms. The molecule has 2 heterocycles. The summed E-state index contributed by atoms with van der Waals surface area (Å²) in [6.07, 6.45) is 3.94. The maximum absolute atomic E-state index is 12.9. The van der Waals surface area contributed by atoms with Crippen molar-refractivity contribution in [3.05, 3.63) is 66.4 Å². The van der Waals surface area contributed by atoms with E-state index in [1.807, 2.05) is 50.2 Å². The Balaban J connectivity index is 0.00000301. The van der Waals surface area contributed by atoms with Crippen molar-refractivity contribution in [2.24, 2.45) is 0 Å². The Kier molecular flexibility index (Phi) is 12.7. The topological polar surface area (TPSA) is 139 Å². The lowest BCUT2D eigenvalue weighted by atomic mass is 10.1. The lowest BCUT2D eigenvalue weighted by molar-refractivity contribution is 0.0219. The molecule has 0 aliphatic carbocycles. The normalized spacial score (nSPS) is 11.1. The van der Waals surface area contributed by atoms with Gasteiger partial charge < -0.3 is 25.2 Å². The van der Waals surface area contributed by atoms with Crippen molar-refractivity contribution in [2.45, 2.75) is 79.7 Å². The van der Waals surface area contributed by atoms with Crippen LogP contribution in [-0.2, 0) is 22.6 Å². The lowest BCUT2D eigenvalue weighted by Gasteiger charge is -2.27. The first kappa shape index (κ1) is 34.0. The van der Waals surface area contributed by atoms with E-state index in [9.17, 15) is 14.7 Å². The zero-order chi connectivity index (χ0) is 31.3. The highest BCUT2D eigenvalue weighted by Crippen LogP contribution is 2.23. The van der Waals surface area contributed by atoms with E-state index in [1.54, 1.807) is 60.1 Å². The number of anilines is 2. The van der Waals surface area contributed by atoms with Gasteiger partial charge in [0.05, 0.1) is 13.2 Å². The highest BCUT2D eigenvalue weighted by Gasteiger charge is 2.24. The number of ether oxygens (including phenoxy) is 2. The number of rotatable bonds is 9. The number of nitrogens with one attached hydrogen (secondary N) is 2. The predicted octanol–water partition coefficient (Wildman–Crippen LogP) is 6.06. The van der Waals surface area contributed by atoms with Crippen molar-refractivity contribution in [1.29, 1.82) is 0 Å². The van der Waals surface area contributed by atoms with E-state index in [-0.39, 0.29) is 26.2 Å². The third-order valence-electron chi connectivity index (χ3n) is 5.21. The van der Waals surface area contributed by atoms with Crippen LogP contribution in [0.3, 0.4) is 0 Å². The molecule has 228 valence electrons. The molecule has 0 fully saturated rings. The Labute approximate surface area is 248 Å². The minimum absolute atomic E-state index is 0.0434. The van der Waals surface area contributed by atoms with Gasteiger partial charge in [-0.25, -0.2) is 24.5 Å². The molecule has 0 radical (unpaired) electrons. The van der Waals surface area contributed by atoms with Crippen LogP contribution in [-0.4, -0.2) is 61.4 Å². The minimum Gasteiger partial charge on any atom is -0.444 e. The van der Waals surface area contributed by atoms with E-state index in [2.05, 4.69) is 25.6 Å². The van der Waals surface area contributed by atoms with Crippen LogP contribution in [0.4, 0.5) is 21.1 Å². The number of carbonyl (C=O) groups is 2. The molecule has 2 aromatic heterocycles. The summed E-state index contributed by atoms with van der Waals surface area (Å²) in [6.45, 7) is 15.1. The van der Waals surface area contributed by atoms with Crippen LogP contribution in [0.15, 0.2) is 55.0 Å². The molecule has 0 unspecified atom stereocenters. The van der Waals surface area contributed by atoms with Gasteiger partial charge >= 0.3 is 12.2 Å². The van der Waals surface area contributed by atoms with Crippen molar-refractivity contribution >= 4 is 23.7 Å². The number of benzene rings is 1. The number of pyridine rings is 1. The Morgan fingerprint density at radius 3 is 2.19 bits per heavy atom. The van der Waals surface area contributed by atoms with Gasteiger partial charge in [0.25, 0.3) is 0 Å². The molecule has 3 aromatic rings. The second-order valence-corrected chi connectivity index (χ2v) is 11.1. The molecule has 0 aliphatic heterocycles. The average Bonchev–Trinajstić information content (AvgIpc) is 2.92. The Morgan fingerprint density at radius 1 is 0.905 bits per heavy atom. The first-order chi connectivity index (χ1) is 19.8. The van der Waals surface area contributed by atoms with E-state index in [0.717, 1.165) is 22.4 Å². The number of nitrogens with zero attached hydrogens (tertiary/aromatic N) is 4. The van der Waals surface area contributed by atoms with Gasteiger partial charge in [-0.1, -0.05) is 26.0 Å². The van der Waals surface area contributed by atoms with E-state index >= 15 is 0 Å². The average molecular weight is 581 g/mol. The number of hydrogen-bond acceptors (Lipinski definition) is 9. The van der Waals surface area contributed by atoms with E-state index in [4.69, 9.17) is 9.47 Å². The number of amides is 2. The molecule has 0 bridgehead atoms. The van der Waals surface area contributed by atoms with Crippen LogP contribution in [0.1, 0.15) is 66.8 Å². The molecule has 1 aromatic carbocycles. The number of hydrogen-bond donors (Lipinski definition) is 3. The van der Waals surface area contributed by atoms with Crippen molar-refractivity contribution in [2.75, 3.05) is 18.4 Å². The molecular formula is C31H44N6O5. The van der Waals surface area contributed by atoms with Gasteiger partial charge in [-0.2, -0.15) is 0 Å². The van der Waals surface area contributed by atoms with E-state index < -0.39 is 23.4 Å². The minimum atomic E-state index is -0.689. The van der Waals surface area contributed by atoms with Crippen LogP contribution in [0.25, 0.3) is 11.1 Å². The van der Waals surface area contributed by atoms with Gasteiger partial charge in [0, 0.05) is 42.9 Å². The molecule has 11 nitrogen and oxygen atoms in total. The molecule has 3 rings (SSSR count). The van der Waals surface area contributed by atoms with Gasteiger partial charge in [-0.15, -0.1) is 0 Å². The summed E-state index contributed by atoms with van der Waals surface area (Å²) in [4.78, 5) is 39.6. The van der Waals surface area contributed by atoms with Gasteiger partial charge in [0.15, 0.2) is 0 Å². The van der Waals surface area contributed by atoms with Gasteiger partial charge in [0.1, 0.15) is 22.8 Å². The van der Waals surface area contributed by atoms with Gasteiger partial charge in [-0.05, 0) is 76.9 Å². The van der Waals surface area contributed by atoms with Gasteiger partial charge in [-0.3, -0.25) is 4.90 Å². The fraction of sp³-hybridized carbons (Fsp3) is 0.452. The number of aliphatic hydroxyl groups excluding tert-OH is 1. The predicted molar refractivity (Wildman–Crippen MR) is 163 cm³/mol. The molecule has 0 aliphatic rings. The Hall–Kier alpha value is -4.25. The largest absolute Gasteiger partial charge is 0.444 e. The van der Waals surface area contributed by atoms with Crippen LogP contribution in [0.5, 0.6) is 0 Å². The summed E-state index contributed by atoms with van der Waals surface area (Å²) in [7, 11) is 0. The second kappa shape index (κ2) is 15.7. The third-order valence-corrected chi connectivity index (χ3v) is 5.21. The van der Waals surface area contributed by atoms with Crippen molar-refractivity contribution in [1.82, 2.24) is 25.2 Å². The maximum atomic E-state index is 12.9. The monoisotopic (exact) mass is 580 g/mol. The van der Waals surface area contributed by atoms with Crippen molar-refractivity contribution in [3.63, 3.8) is 0 Å². The number of carbonyl (C=O) groups excluding carboxylic acids is 2. The zero-order valence-corrected chi connectivity index (χ0v) is 25.9. The molecule has 2 amide bonds. The molecular weight excluding hydrogens is 536 g/mol. The van der Waals surface area contributed by atoms with E-state index in [0.29, 0.717) is 11.6 Å². The highest BCUT2D eigenvalue weighted by atomic mass is 16.6. The summed E-state index contributed by atoms with van der Waals surface area (Å²) in [5.74, 6) is 1.05. The Bertz CT molecular complexity index is 1290. The van der Waals surface area contributed by atoms with Crippen LogP contribution < -0.4 is 10.6 Å². The first-order valence-corrected chi connectivity index (χ1v) is 14.0. The Morgan fingerprint density at radius 2 is 1.57 bits per heavy atom.